The number of amides is 1. The van der Waals surface area contributed by atoms with Crippen molar-refractivity contribution in [2.75, 3.05) is 25.1 Å². The molecule has 20 heavy (non-hydrogen) atoms. The van der Waals surface area contributed by atoms with E-state index >= 15 is 0 Å². The molecule has 1 amide bonds. The van der Waals surface area contributed by atoms with Crippen molar-refractivity contribution in [3.63, 3.8) is 0 Å². The highest BCUT2D eigenvalue weighted by Crippen LogP contribution is 2.24. The first kappa shape index (κ1) is 15.5. The van der Waals surface area contributed by atoms with Crippen LogP contribution in [0.1, 0.15) is 24.1 Å². The van der Waals surface area contributed by atoms with E-state index in [0.717, 1.165) is 32.4 Å². The lowest BCUT2D eigenvalue weighted by molar-refractivity contribution is -0.132. The molecule has 0 unspecified atom stereocenters. The highest BCUT2D eigenvalue weighted by Gasteiger charge is 2.23. The molecule has 0 saturated carbocycles. The molecule has 0 spiro atoms. The van der Waals surface area contributed by atoms with E-state index in [1.165, 1.54) is 11.1 Å². The Bertz CT molecular complexity index is 529. The van der Waals surface area contributed by atoms with Crippen molar-refractivity contribution in [3.8, 4) is 0 Å². The van der Waals surface area contributed by atoms with Crippen LogP contribution >= 0.6 is 11.3 Å². The predicted molar refractivity (Wildman–Crippen MR) is 81.7 cm³/mol. The summed E-state index contributed by atoms with van der Waals surface area (Å²) in [5.41, 5.74) is 0. The first-order valence-electron chi connectivity index (χ1n) is 6.92. The largest absolute Gasteiger partial charge is 0.343 e. The van der Waals surface area contributed by atoms with Gasteiger partial charge < -0.3 is 4.90 Å². The van der Waals surface area contributed by atoms with Crippen LogP contribution in [-0.2, 0) is 21.1 Å². The molecule has 112 valence electrons. The number of nitrogens with zero attached hydrogens (tertiary/aromatic N) is 1. The molecular formula is C14H21NO3S2. The van der Waals surface area contributed by atoms with Gasteiger partial charge in [-0.25, -0.2) is 8.42 Å². The third-order valence-electron chi connectivity index (χ3n) is 3.72. The Morgan fingerprint density at radius 3 is 2.65 bits per heavy atom. The molecule has 1 aliphatic rings. The lowest BCUT2D eigenvalue weighted by atomic mass is 9.93. The zero-order chi connectivity index (χ0) is 14.6. The number of hydrogen-bond acceptors (Lipinski definition) is 4. The van der Waals surface area contributed by atoms with E-state index in [4.69, 9.17) is 0 Å². The second kappa shape index (κ2) is 6.72. The summed E-state index contributed by atoms with van der Waals surface area (Å²) in [7, 11) is -3.05. The number of hydrogen-bond donors (Lipinski definition) is 0. The number of rotatable bonds is 5. The van der Waals surface area contributed by atoms with Gasteiger partial charge in [0, 0.05) is 30.6 Å². The average Bonchev–Trinajstić information content (AvgIpc) is 2.89. The van der Waals surface area contributed by atoms with Crippen molar-refractivity contribution >= 4 is 27.1 Å². The van der Waals surface area contributed by atoms with Gasteiger partial charge >= 0.3 is 0 Å². The van der Waals surface area contributed by atoms with E-state index in [1.807, 2.05) is 4.90 Å². The molecule has 1 aromatic rings. The van der Waals surface area contributed by atoms with Gasteiger partial charge in [-0.15, -0.1) is 11.3 Å². The van der Waals surface area contributed by atoms with Gasteiger partial charge in [-0.2, -0.15) is 0 Å². The number of carbonyl (C=O) groups excluding carboxylic acids is 1. The Balaban J connectivity index is 1.75. The van der Waals surface area contributed by atoms with Crippen molar-refractivity contribution in [1.29, 1.82) is 0 Å². The number of likely N-dealkylation sites (tertiary alicyclic amines) is 1. The molecule has 2 rings (SSSR count). The van der Waals surface area contributed by atoms with Crippen LogP contribution in [0.15, 0.2) is 17.5 Å². The quantitative estimate of drug-likeness (QED) is 0.835. The maximum absolute atomic E-state index is 11.9. The molecule has 1 aromatic heterocycles. The monoisotopic (exact) mass is 315 g/mol. The summed E-state index contributed by atoms with van der Waals surface area (Å²) in [5, 5.41) is 2.10. The van der Waals surface area contributed by atoms with E-state index in [9.17, 15) is 13.2 Å². The smallest absolute Gasteiger partial charge is 0.223 e. The molecule has 1 saturated heterocycles. The number of thiophene rings is 1. The van der Waals surface area contributed by atoms with Crippen molar-refractivity contribution < 1.29 is 13.2 Å². The highest BCUT2D eigenvalue weighted by atomic mass is 32.2. The lowest BCUT2D eigenvalue weighted by Gasteiger charge is -2.32. The standard InChI is InChI=1S/C14H21NO3S2/c1-20(17,18)10-6-14(16)15-7-4-12(5-8-15)11-13-3-2-9-19-13/h2-3,9,12H,4-8,10-11H2,1H3. The van der Waals surface area contributed by atoms with Crippen LogP contribution in [0.2, 0.25) is 0 Å². The molecule has 6 heteroatoms. The molecule has 0 aromatic carbocycles. The molecule has 1 aliphatic heterocycles. The van der Waals surface area contributed by atoms with Gasteiger partial charge in [-0.1, -0.05) is 6.07 Å². The fraction of sp³-hybridized carbons (Fsp3) is 0.643. The van der Waals surface area contributed by atoms with Crippen LogP contribution in [0.4, 0.5) is 0 Å². The Morgan fingerprint density at radius 2 is 2.10 bits per heavy atom. The van der Waals surface area contributed by atoms with Crippen LogP contribution in [0.5, 0.6) is 0 Å². The minimum atomic E-state index is -3.05. The fourth-order valence-electron chi connectivity index (χ4n) is 2.53. The van der Waals surface area contributed by atoms with Gasteiger partial charge in [0.25, 0.3) is 0 Å². The minimum Gasteiger partial charge on any atom is -0.343 e. The van der Waals surface area contributed by atoms with Gasteiger partial charge in [0.2, 0.25) is 5.91 Å². The Hall–Kier alpha value is -0.880. The number of carbonyl (C=O) groups is 1. The molecule has 0 bridgehead atoms. The summed E-state index contributed by atoms with van der Waals surface area (Å²) in [6.07, 6.45) is 4.43. The Morgan fingerprint density at radius 1 is 1.40 bits per heavy atom. The van der Waals surface area contributed by atoms with Crippen LogP contribution in [0.3, 0.4) is 0 Å². The van der Waals surface area contributed by atoms with Gasteiger partial charge in [-0.3, -0.25) is 4.79 Å². The predicted octanol–water partition coefficient (Wildman–Crippen LogP) is 1.96. The maximum atomic E-state index is 11.9. The van der Waals surface area contributed by atoms with Gasteiger partial charge in [0.15, 0.2) is 0 Å². The van der Waals surface area contributed by atoms with Crippen molar-refractivity contribution in [1.82, 2.24) is 4.90 Å². The molecule has 0 atom stereocenters. The van der Waals surface area contributed by atoms with Gasteiger partial charge in [0.05, 0.1) is 5.75 Å². The molecule has 0 aliphatic carbocycles. The zero-order valence-electron chi connectivity index (χ0n) is 11.7. The Kier molecular flexibility index (Phi) is 5.21. The highest BCUT2D eigenvalue weighted by molar-refractivity contribution is 7.90. The van der Waals surface area contributed by atoms with E-state index in [2.05, 4.69) is 17.5 Å². The second-order valence-electron chi connectivity index (χ2n) is 5.49. The molecule has 2 heterocycles. The van der Waals surface area contributed by atoms with Crippen LogP contribution in [-0.4, -0.2) is 44.3 Å². The van der Waals surface area contributed by atoms with Crippen LogP contribution in [0.25, 0.3) is 0 Å². The third kappa shape index (κ3) is 4.90. The molecule has 0 radical (unpaired) electrons. The van der Waals surface area contributed by atoms with E-state index in [-0.39, 0.29) is 18.1 Å². The molecular weight excluding hydrogens is 294 g/mol. The average molecular weight is 315 g/mol. The summed E-state index contributed by atoms with van der Waals surface area (Å²) in [5.74, 6) is 0.582. The van der Waals surface area contributed by atoms with Crippen molar-refractivity contribution in [3.05, 3.63) is 22.4 Å². The normalized spacial score (nSPS) is 17.4. The van der Waals surface area contributed by atoms with E-state index in [0.29, 0.717) is 5.92 Å². The molecule has 0 N–H and O–H groups in total. The lowest BCUT2D eigenvalue weighted by Crippen LogP contribution is -2.39. The summed E-state index contributed by atoms with van der Waals surface area (Å²) in [6.45, 7) is 1.53. The first-order valence-corrected chi connectivity index (χ1v) is 9.86. The van der Waals surface area contributed by atoms with Crippen molar-refractivity contribution in [2.24, 2.45) is 5.92 Å². The summed E-state index contributed by atoms with van der Waals surface area (Å²) in [6, 6.07) is 4.23. The summed E-state index contributed by atoms with van der Waals surface area (Å²) < 4.78 is 22.2. The maximum Gasteiger partial charge on any atom is 0.223 e. The van der Waals surface area contributed by atoms with E-state index in [1.54, 1.807) is 11.3 Å². The van der Waals surface area contributed by atoms with Gasteiger partial charge in [0.1, 0.15) is 9.84 Å². The number of sulfone groups is 1. The first-order chi connectivity index (χ1) is 9.44. The van der Waals surface area contributed by atoms with Gasteiger partial charge in [-0.05, 0) is 36.6 Å². The van der Waals surface area contributed by atoms with Crippen LogP contribution < -0.4 is 0 Å². The van der Waals surface area contributed by atoms with E-state index < -0.39 is 9.84 Å². The zero-order valence-corrected chi connectivity index (χ0v) is 13.4. The fourth-order valence-corrected chi connectivity index (χ4v) is 3.90. The van der Waals surface area contributed by atoms with Crippen LogP contribution in [0, 0.1) is 5.92 Å². The summed E-state index contributed by atoms with van der Waals surface area (Å²) in [4.78, 5) is 15.2. The number of piperidine rings is 1. The molecule has 1 fully saturated rings. The SMILES string of the molecule is CS(=O)(=O)CCC(=O)N1CCC(Cc2cccs2)CC1. The topological polar surface area (TPSA) is 54.5 Å². The minimum absolute atomic E-state index is 0.0231. The summed E-state index contributed by atoms with van der Waals surface area (Å²) >= 11 is 1.79. The van der Waals surface area contributed by atoms with Crippen molar-refractivity contribution in [2.45, 2.75) is 25.7 Å². The third-order valence-corrected chi connectivity index (χ3v) is 5.57. The second-order valence-corrected chi connectivity index (χ2v) is 8.78. The Labute approximate surface area is 124 Å². The molecule has 4 nitrogen and oxygen atoms in total.